The van der Waals surface area contributed by atoms with Gasteiger partial charge in [-0.15, -0.1) is 11.3 Å². The standard InChI is InChI=1S/C17H20BrN3OS/c1-4-5-6-11-9-17(10-11)14(22)21(3)15(19)20-16(17,2)12-7-8-13(18)23-12/h4-8H,9-10H2,1-3H3,(H2,19,20)/b5-4-,11-6?/t16-,17?/m1/s1. The molecule has 1 aromatic heterocycles. The average molecular weight is 394 g/mol. The molecule has 1 saturated carbocycles. The molecule has 4 nitrogen and oxygen atoms in total. The average Bonchev–Trinajstić information content (AvgIpc) is 2.90. The Morgan fingerprint density at radius 1 is 1.43 bits per heavy atom. The van der Waals surface area contributed by atoms with Crippen LogP contribution in [0.3, 0.4) is 0 Å². The number of guanidine groups is 1. The van der Waals surface area contributed by atoms with E-state index in [9.17, 15) is 4.79 Å². The Balaban J connectivity index is 2.05. The van der Waals surface area contributed by atoms with Crippen molar-refractivity contribution in [3.8, 4) is 0 Å². The number of rotatable bonds is 2. The van der Waals surface area contributed by atoms with Crippen molar-refractivity contribution in [2.45, 2.75) is 32.2 Å². The van der Waals surface area contributed by atoms with Gasteiger partial charge < -0.3 is 5.32 Å². The molecule has 0 unspecified atom stereocenters. The van der Waals surface area contributed by atoms with Gasteiger partial charge in [-0.05, 0) is 54.8 Å². The highest BCUT2D eigenvalue weighted by molar-refractivity contribution is 9.11. The summed E-state index contributed by atoms with van der Waals surface area (Å²) in [5, 5.41) is 11.4. The Morgan fingerprint density at radius 2 is 2.13 bits per heavy atom. The zero-order valence-electron chi connectivity index (χ0n) is 13.4. The van der Waals surface area contributed by atoms with E-state index in [4.69, 9.17) is 5.41 Å². The van der Waals surface area contributed by atoms with E-state index < -0.39 is 11.0 Å². The summed E-state index contributed by atoms with van der Waals surface area (Å²) in [6.45, 7) is 4.04. The lowest BCUT2D eigenvalue weighted by molar-refractivity contribution is -0.149. The second-order valence-electron chi connectivity index (χ2n) is 6.35. The van der Waals surface area contributed by atoms with E-state index in [1.165, 1.54) is 10.5 Å². The Hall–Kier alpha value is -1.40. The van der Waals surface area contributed by atoms with Crippen molar-refractivity contribution in [1.29, 1.82) is 5.41 Å². The van der Waals surface area contributed by atoms with Crippen LogP contribution in [0.1, 0.15) is 31.6 Å². The van der Waals surface area contributed by atoms with E-state index in [1.54, 1.807) is 18.4 Å². The van der Waals surface area contributed by atoms with E-state index in [0.717, 1.165) is 21.5 Å². The zero-order valence-corrected chi connectivity index (χ0v) is 15.8. The van der Waals surface area contributed by atoms with Crippen LogP contribution in [0.15, 0.2) is 39.7 Å². The van der Waals surface area contributed by atoms with E-state index >= 15 is 0 Å². The lowest BCUT2D eigenvalue weighted by atomic mass is 9.53. The molecule has 1 spiro atoms. The molecule has 1 atom stereocenters. The number of allylic oxidation sites excluding steroid dienone is 4. The first kappa shape index (κ1) is 16.5. The second-order valence-corrected chi connectivity index (χ2v) is 8.82. The van der Waals surface area contributed by atoms with Crippen molar-refractivity contribution in [3.05, 3.63) is 44.6 Å². The Kier molecular flexibility index (Phi) is 4.01. The van der Waals surface area contributed by atoms with Gasteiger partial charge in [0, 0.05) is 11.9 Å². The minimum atomic E-state index is -0.558. The molecule has 2 N–H and O–H groups in total. The van der Waals surface area contributed by atoms with Gasteiger partial charge >= 0.3 is 0 Å². The molecule has 2 aliphatic rings. The summed E-state index contributed by atoms with van der Waals surface area (Å²) < 4.78 is 1.03. The van der Waals surface area contributed by atoms with Crippen molar-refractivity contribution in [2.24, 2.45) is 5.41 Å². The van der Waals surface area contributed by atoms with Crippen LogP contribution in [0.2, 0.25) is 0 Å². The molecule has 0 radical (unpaired) electrons. The van der Waals surface area contributed by atoms with Gasteiger partial charge in [0.2, 0.25) is 5.91 Å². The van der Waals surface area contributed by atoms with Gasteiger partial charge in [-0.25, -0.2) is 0 Å². The number of carbonyl (C=O) groups excluding carboxylic acids is 1. The fourth-order valence-corrected chi connectivity index (χ4v) is 5.12. The zero-order chi connectivity index (χ0) is 16.8. The Labute approximate surface area is 148 Å². The maximum absolute atomic E-state index is 13.0. The third-order valence-corrected chi connectivity index (χ3v) is 6.87. The third-order valence-electron chi connectivity index (χ3n) is 5.02. The fraction of sp³-hybridized carbons (Fsp3) is 0.412. The summed E-state index contributed by atoms with van der Waals surface area (Å²) in [6.07, 6.45) is 7.58. The molecule has 23 heavy (non-hydrogen) atoms. The first-order chi connectivity index (χ1) is 10.8. The Morgan fingerprint density at radius 3 is 2.70 bits per heavy atom. The quantitative estimate of drug-likeness (QED) is 0.797. The van der Waals surface area contributed by atoms with Crippen LogP contribution in [0.25, 0.3) is 0 Å². The summed E-state index contributed by atoms with van der Waals surface area (Å²) in [5.41, 5.74) is 0.198. The summed E-state index contributed by atoms with van der Waals surface area (Å²) in [7, 11) is 1.68. The maximum Gasteiger partial charge on any atom is 0.238 e. The predicted molar refractivity (Wildman–Crippen MR) is 97.6 cm³/mol. The molecule has 2 heterocycles. The smallest absolute Gasteiger partial charge is 0.238 e. The van der Waals surface area contributed by atoms with Crippen molar-refractivity contribution in [3.63, 3.8) is 0 Å². The van der Waals surface area contributed by atoms with E-state index in [0.29, 0.717) is 0 Å². The minimum Gasteiger partial charge on any atom is -0.345 e. The van der Waals surface area contributed by atoms with Gasteiger partial charge in [0.05, 0.1) is 14.7 Å². The maximum atomic E-state index is 13.0. The third kappa shape index (κ3) is 2.31. The topological polar surface area (TPSA) is 56.2 Å². The molecule has 1 saturated heterocycles. The van der Waals surface area contributed by atoms with E-state index in [2.05, 4.69) is 34.2 Å². The van der Waals surface area contributed by atoms with Gasteiger partial charge in [-0.1, -0.05) is 23.8 Å². The number of nitrogens with zero attached hydrogens (tertiary/aromatic N) is 1. The van der Waals surface area contributed by atoms with Crippen LogP contribution in [0.5, 0.6) is 0 Å². The highest BCUT2D eigenvalue weighted by atomic mass is 79.9. The van der Waals surface area contributed by atoms with Crippen LogP contribution in [-0.2, 0) is 10.3 Å². The number of thiophene rings is 1. The first-order valence-corrected chi connectivity index (χ1v) is 9.16. The number of hydrogen-bond acceptors (Lipinski definition) is 3. The second kappa shape index (κ2) is 5.60. The molecule has 1 aliphatic carbocycles. The fourth-order valence-electron chi connectivity index (χ4n) is 3.54. The van der Waals surface area contributed by atoms with Gasteiger partial charge in [0.1, 0.15) is 0 Å². The van der Waals surface area contributed by atoms with Gasteiger partial charge in [-0.2, -0.15) is 0 Å². The number of nitrogens with one attached hydrogen (secondary N) is 2. The molecule has 1 aromatic rings. The van der Waals surface area contributed by atoms with Gasteiger partial charge in [-0.3, -0.25) is 15.1 Å². The summed E-state index contributed by atoms with van der Waals surface area (Å²) in [4.78, 5) is 15.6. The van der Waals surface area contributed by atoms with Crippen molar-refractivity contribution in [2.75, 3.05) is 7.05 Å². The number of halogens is 1. The molecular weight excluding hydrogens is 374 g/mol. The predicted octanol–water partition coefficient (Wildman–Crippen LogP) is 4.00. The molecule has 0 bridgehead atoms. The van der Waals surface area contributed by atoms with Crippen LogP contribution >= 0.6 is 27.3 Å². The van der Waals surface area contributed by atoms with Crippen LogP contribution in [-0.4, -0.2) is 23.8 Å². The number of amides is 1. The van der Waals surface area contributed by atoms with Crippen molar-refractivity contribution in [1.82, 2.24) is 10.2 Å². The molecule has 1 amide bonds. The largest absolute Gasteiger partial charge is 0.345 e. The SMILES string of the molecule is C/C=C\C=C1CC2(C1)C(=O)N(C)C(=N)N[C@]2(C)c1ccc(Br)s1. The minimum absolute atomic E-state index is 0.0332. The summed E-state index contributed by atoms with van der Waals surface area (Å²) in [5.74, 6) is 0.199. The highest BCUT2D eigenvalue weighted by Gasteiger charge is 2.64. The van der Waals surface area contributed by atoms with Crippen LogP contribution < -0.4 is 5.32 Å². The number of hydrogen-bond donors (Lipinski definition) is 2. The molecule has 2 fully saturated rings. The lowest BCUT2D eigenvalue weighted by Gasteiger charge is -2.58. The summed E-state index contributed by atoms with van der Waals surface area (Å²) >= 11 is 5.13. The highest BCUT2D eigenvalue weighted by Crippen LogP contribution is 2.59. The number of carbonyl (C=O) groups is 1. The molecule has 122 valence electrons. The molecule has 6 heteroatoms. The normalized spacial score (nSPS) is 30.8. The van der Waals surface area contributed by atoms with Crippen LogP contribution in [0, 0.1) is 10.8 Å². The lowest BCUT2D eigenvalue weighted by Crippen LogP contribution is -2.72. The van der Waals surface area contributed by atoms with E-state index in [-0.39, 0.29) is 11.9 Å². The van der Waals surface area contributed by atoms with Crippen molar-refractivity contribution >= 4 is 39.1 Å². The van der Waals surface area contributed by atoms with Crippen molar-refractivity contribution < 1.29 is 4.79 Å². The van der Waals surface area contributed by atoms with Gasteiger partial charge in [0.15, 0.2) is 5.96 Å². The monoisotopic (exact) mass is 393 g/mol. The Bertz CT molecular complexity index is 728. The first-order valence-electron chi connectivity index (χ1n) is 7.55. The van der Waals surface area contributed by atoms with Crippen LogP contribution in [0.4, 0.5) is 0 Å². The van der Waals surface area contributed by atoms with Gasteiger partial charge in [0.25, 0.3) is 0 Å². The molecule has 3 rings (SSSR count). The molecular formula is C17H20BrN3OS. The molecule has 0 aromatic carbocycles. The molecule has 1 aliphatic heterocycles. The van der Waals surface area contributed by atoms with E-state index in [1.807, 2.05) is 31.2 Å². The summed E-state index contributed by atoms with van der Waals surface area (Å²) in [6, 6.07) is 4.05.